The molecule has 1 aromatic carbocycles. The number of nitrogens with zero attached hydrogens (tertiary/aromatic N) is 1. The van der Waals surface area contributed by atoms with E-state index in [1.54, 1.807) is 24.3 Å². The summed E-state index contributed by atoms with van der Waals surface area (Å²) in [4.78, 5) is 26.1. The number of ether oxygens (including phenoxy) is 1. The van der Waals surface area contributed by atoms with E-state index in [-0.39, 0.29) is 16.1 Å². The van der Waals surface area contributed by atoms with Gasteiger partial charge in [-0.1, -0.05) is 69.0 Å². The van der Waals surface area contributed by atoms with Gasteiger partial charge in [-0.15, -0.1) is 0 Å². The minimum absolute atomic E-state index is 0.198. The fraction of sp³-hybridized carbons (Fsp3) is 0.316. The highest BCUT2D eigenvalue weighted by atomic mass is 32.2. The van der Waals surface area contributed by atoms with E-state index >= 15 is 0 Å². The Balaban J connectivity index is 2.23. The van der Waals surface area contributed by atoms with Gasteiger partial charge in [0.25, 0.3) is 5.91 Å². The Bertz CT molecular complexity index is 742. The standard InChI is InChI=1S/C19H21NO4S2/c1-4-10-24-14-8-6-13(7-9-14)11-15-17(21)20(19(25)26-15)16(18(22)23)12(3)5-2/h4,6-9,11-12,16H,1,5,10H2,2-3H3,(H,22,23). The third kappa shape index (κ3) is 4.53. The Hall–Kier alpha value is -2.12. The van der Waals surface area contributed by atoms with Gasteiger partial charge in [-0.25, -0.2) is 4.79 Å². The Kier molecular flexibility index (Phi) is 6.99. The van der Waals surface area contributed by atoms with Crippen LogP contribution in [0.1, 0.15) is 25.8 Å². The van der Waals surface area contributed by atoms with Crippen molar-refractivity contribution >= 4 is 46.3 Å². The van der Waals surface area contributed by atoms with Crippen LogP contribution < -0.4 is 4.74 Å². The van der Waals surface area contributed by atoms with Crippen molar-refractivity contribution in [2.45, 2.75) is 26.3 Å². The number of carboxylic acids is 1. The number of hydrogen-bond donors (Lipinski definition) is 1. The maximum absolute atomic E-state index is 12.7. The third-order valence-corrected chi connectivity index (χ3v) is 5.41. The first-order valence-corrected chi connectivity index (χ1v) is 9.45. The highest BCUT2D eigenvalue weighted by molar-refractivity contribution is 8.26. The predicted molar refractivity (Wildman–Crippen MR) is 108 cm³/mol. The zero-order valence-corrected chi connectivity index (χ0v) is 16.3. The zero-order chi connectivity index (χ0) is 19.3. The van der Waals surface area contributed by atoms with Crippen LogP contribution in [0.25, 0.3) is 6.08 Å². The molecule has 5 nitrogen and oxygen atoms in total. The van der Waals surface area contributed by atoms with Crippen molar-refractivity contribution in [2.24, 2.45) is 5.92 Å². The lowest BCUT2D eigenvalue weighted by atomic mass is 9.98. The van der Waals surface area contributed by atoms with Crippen LogP contribution in [0.4, 0.5) is 0 Å². The summed E-state index contributed by atoms with van der Waals surface area (Å²) >= 11 is 6.41. The number of carboxylic acid groups (broad SMARTS) is 1. The van der Waals surface area contributed by atoms with Gasteiger partial charge in [0.05, 0.1) is 4.91 Å². The summed E-state index contributed by atoms with van der Waals surface area (Å²) in [6.07, 6.45) is 4.01. The maximum atomic E-state index is 12.7. The van der Waals surface area contributed by atoms with E-state index in [1.807, 2.05) is 26.0 Å². The molecule has 1 N–H and O–H groups in total. The molecule has 138 valence electrons. The number of thioether (sulfide) groups is 1. The molecule has 1 heterocycles. The van der Waals surface area contributed by atoms with Gasteiger partial charge in [0, 0.05) is 0 Å². The van der Waals surface area contributed by atoms with Crippen molar-refractivity contribution in [2.75, 3.05) is 6.61 Å². The van der Waals surface area contributed by atoms with E-state index < -0.39 is 12.0 Å². The van der Waals surface area contributed by atoms with Crippen molar-refractivity contribution in [1.82, 2.24) is 4.90 Å². The van der Waals surface area contributed by atoms with Crippen molar-refractivity contribution < 1.29 is 19.4 Å². The molecule has 0 bridgehead atoms. The predicted octanol–water partition coefficient (Wildman–Crippen LogP) is 3.95. The first-order chi connectivity index (χ1) is 12.4. The van der Waals surface area contributed by atoms with Gasteiger partial charge < -0.3 is 9.84 Å². The molecule has 2 unspecified atom stereocenters. The molecule has 0 radical (unpaired) electrons. The SMILES string of the molecule is C=CCOc1ccc(C=C2SC(=S)N(C(C(=O)O)C(C)CC)C2=O)cc1. The Morgan fingerprint density at radius 3 is 2.62 bits per heavy atom. The van der Waals surface area contributed by atoms with Crippen LogP contribution in [0.3, 0.4) is 0 Å². The van der Waals surface area contributed by atoms with Crippen LogP contribution >= 0.6 is 24.0 Å². The fourth-order valence-electron chi connectivity index (χ4n) is 2.52. The minimum atomic E-state index is -1.04. The zero-order valence-electron chi connectivity index (χ0n) is 14.7. The number of rotatable bonds is 8. The molecule has 1 aliphatic heterocycles. The Morgan fingerprint density at radius 1 is 1.42 bits per heavy atom. The number of carbonyl (C=O) groups is 2. The fourth-order valence-corrected chi connectivity index (χ4v) is 3.85. The molecule has 0 saturated carbocycles. The van der Waals surface area contributed by atoms with Gasteiger partial charge in [-0.3, -0.25) is 9.69 Å². The van der Waals surface area contributed by atoms with E-state index in [0.29, 0.717) is 23.7 Å². The van der Waals surface area contributed by atoms with Gasteiger partial charge in [-0.05, 0) is 29.7 Å². The lowest BCUT2D eigenvalue weighted by Gasteiger charge is -2.27. The molecule has 2 atom stereocenters. The molecule has 1 saturated heterocycles. The molecule has 1 fully saturated rings. The first kappa shape index (κ1) is 20.2. The molecule has 0 spiro atoms. The van der Waals surface area contributed by atoms with Crippen molar-refractivity contribution in [3.05, 3.63) is 47.4 Å². The molecule has 26 heavy (non-hydrogen) atoms. The van der Waals surface area contributed by atoms with E-state index in [0.717, 1.165) is 17.3 Å². The maximum Gasteiger partial charge on any atom is 0.327 e. The van der Waals surface area contributed by atoms with Crippen LogP contribution in [0.2, 0.25) is 0 Å². The van der Waals surface area contributed by atoms with E-state index in [1.165, 1.54) is 4.90 Å². The van der Waals surface area contributed by atoms with Gasteiger partial charge in [0.15, 0.2) is 0 Å². The van der Waals surface area contributed by atoms with Gasteiger partial charge in [-0.2, -0.15) is 0 Å². The van der Waals surface area contributed by atoms with Gasteiger partial charge in [0.1, 0.15) is 22.7 Å². The van der Waals surface area contributed by atoms with Crippen molar-refractivity contribution in [3.63, 3.8) is 0 Å². The van der Waals surface area contributed by atoms with Crippen LogP contribution in [0.5, 0.6) is 5.75 Å². The second-order valence-corrected chi connectivity index (χ2v) is 7.56. The smallest absolute Gasteiger partial charge is 0.327 e. The average Bonchev–Trinajstić information content (AvgIpc) is 2.88. The monoisotopic (exact) mass is 391 g/mol. The number of amides is 1. The highest BCUT2D eigenvalue weighted by Crippen LogP contribution is 2.36. The van der Waals surface area contributed by atoms with Crippen molar-refractivity contribution in [3.8, 4) is 5.75 Å². The normalized spacial score (nSPS) is 18.1. The van der Waals surface area contributed by atoms with Gasteiger partial charge in [0.2, 0.25) is 0 Å². The molecule has 0 aromatic heterocycles. The van der Waals surface area contributed by atoms with Crippen LogP contribution in [0, 0.1) is 5.92 Å². The molecule has 2 rings (SSSR count). The molecule has 1 amide bonds. The number of thiocarbonyl (C=S) groups is 1. The van der Waals surface area contributed by atoms with E-state index in [4.69, 9.17) is 17.0 Å². The summed E-state index contributed by atoms with van der Waals surface area (Å²) in [7, 11) is 0. The lowest BCUT2D eigenvalue weighted by Crippen LogP contribution is -2.47. The van der Waals surface area contributed by atoms with Crippen LogP contribution in [-0.4, -0.2) is 38.9 Å². The summed E-state index contributed by atoms with van der Waals surface area (Å²) in [6.45, 7) is 7.72. The average molecular weight is 392 g/mol. The molecular weight excluding hydrogens is 370 g/mol. The topological polar surface area (TPSA) is 66.8 Å². The summed E-state index contributed by atoms with van der Waals surface area (Å²) in [5.74, 6) is -0.895. The molecular formula is C19H21NO4S2. The summed E-state index contributed by atoms with van der Waals surface area (Å²) in [6, 6.07) is 6.31. The van der Waals surface area contributed by atoms with Crippen LogP contribution in [-0.2, 0) is 9.59 Å². The highest BCUT2D eigenvalue weighted by Gasteiger charge is 2.42. The largest absolute Gasteiger partial charge is 0.490 e. The molecule has 1 aromatic rings. The summed E-state index contributed by atoms with van der Waals surface area (Å²) in [5.41, 5.74) is 0.812. The minimum Gasteiger partial charge on any atom is -0.490 e. The van der Waals surface area contributed by atoms with E-state index in [2.05, 4.69) is 6.58 Å². The number of hydrogen-bond acceptors (Lipinski definition) is 5. The number of benzene rings is 1. The Labute approximate surface area is 162 Å². The third-order valence-electron chi connectivity index (χ3n) is 4.08. The van der Waals surface area contributed by atoms with Crippen LogP contribution in [0.15, 0.2) is 41.8 Å². The lowest BCUT2D eigenvalue weighted by molar-refractivity contribution is -0.147. The number of aliphatic carboxylic acids is 1. The summed E-state index contributed by atoms with van der Waals surface area (Å²) in [5, 5.41) is 9.54. The molecule has 7 heteroatoms. The second-order valence-electron chi connectivity index (χ2n) is 5.89. The van der Waals surface area contributed by atoms with Gasteiger partial charge >= 0.3 is 5.97 Å². The molecule has 1 aliphatic rings. The first-order valence-electron chi connectivity index (χ1n) is 8.22. The van der Waals surface area contributed by atoms with Crippen molar-refractivity contribution in [1.29, 1.82) is 0 Å². The Morgan fingerprint density at radius 2 is 2.08 bits per heavy atom. The number of carbonyl (C=O) groups excluding carboxylic acids is 1. The molecule has 0 aliphatic carbocycles. The quantitative estimate of drug-likeness (QED) is 0.411. The van der Waals surface area contributed by atoms with E-state index in [9.17, 15) is 14.7 Å². The summed E-state index contributed by atoms with van der Waals surface area (Å²) < 4.78 is 5.70. The second kappa shape index (κ2) is 9.00.